The molecule has 0 aliphatic carbocycles. The number of benzene rings is 1. The highest BCUT2D eigenvalue weighted by molar-refractivity contribution is 5.22. The molecule has 2 atom stereocenters. The van der Waals surface area contributed by atoms with Crippen LogP contribution < -0.4 is 0 Å². The van der Waals surface area contributed by atoms with Crippen molar-refractivity contribution in [2.45, 2.75) is 30.9 Å². The van der Waals surface area contributed by atoms with Crippen LogP contribution in [0.4, 0.5) is 0 Å². The van der Waals surface area contributed by atoms with Crippen LogP contribution >= 0.6 is 0 Å². The van der Waals surface area contributed by atoms with Crippen molar-refractivity contribution in [1.29, 1.82) is 0 Å². The topological polar surface area (TPSA) is 23.5 Å². The Balaban J connectivity index is 2.21. The fourth-order valence-corrected chi connectivity index (χ4v) is 2.70. The molecule has 0 spiro atoms. The van der Waals surface area contributed by atoms with Crippen LogP contribution in [0.1, 0.15) is 18.4 Å². The molecule has 2 nitrogen and oxygen atoms in total. The third kappa shape index (κ3) is 2.59. The molecule has 2 rings (SSSR count). The molecule has 92 valence electrons. The summed E-state index contributed by atoms with van der Waals surface area (Å²) in [4.78, 5) is 2.32. The van der Waals surface area contributed by atoms with E-state index in [1.54, 1.807) is 0 Å². The predicted molar refractivity (Wildman–Crippen MR) is 70.9 cm³/mol. The molecule has 0 radical (unpaired) electrons. The van der Waals surface area contributed by atoms with E-state index in [1.807, 2.05) is 12.1 Å². The summed E-state index contributed by atoms with van der Waals surface area (Å²) in [6.07, 6.45) is 4.36. The molecule has 1 N–H and O–H groups in total. The molecule has 2 heteroatoms. The third-order valence-corrected chi connectivity index (χ3v) is 3.88. The molecule has 2 unspecified atom stereocenters. The largest absolute Gasteiger partial charge is 0.393 e. The zero-order valence-electron chi connectivity index (χ0n) is 10.5. The Kier molecular flexibility index (Phi) is 3.65. The van der Waals surface area contributed by atoms with E-state index in [2.05, 4.69) is 42.8 Å². The second-order valence-corrected chi connectivity index (χ2v) is 5.04. The fraction of sp³-hybridized carbons (Fsp3) is 0.467. The summed E-state index contributed by atoms with van der Waals surface area (Å²) < 4.78 is 0. The first-order valence-electron chi connectivity index (χ1n) is 6.23. The van der Waals surface area contributed by atoms with E-state index in [0.717, 1.165) is 25.8 Å². The van der Waals surface area contributed by atoms with Crippen molar-refractivity contribution in [2.75, 3.05) is 13.6 Å². The van der Waals surface area contributed by atoms with Crippen LogP contribution in [0.2, 0.25) is 0 Å². The molecule has 1 aromatic carbocycles. The van der Waals surface area contributed by atoms with Crippen molar-refractivity contribution < 1.29 is 5.11 Å². The Morgan fingerprint density at radius 1 is 1.47 bits per heavy atom. The Morgan fingerprint density at radius 3 is 2.82 bits per heavy atom. The highest BCUT2D eigenvalue weighted by Crippen LogP contribution is 2.31. The minimum absolute atomic E-state index is 0.0982. The highest BCUT2D eigenvalue weighted by Gasteiger charge is 2.37. The molecule has 1 heterocycles. The maximum atomic E-state index is 9.90. The second kappa shape index (κ2) is 5.03. The molecule has 0 saturated carbocycles. The Bertz CT molecular complexity index is 376. The minimum Gasteiger partial charge on any atom is -0.393 e. The van der Waals surface area contributed by atoms with Gasteiger partial charge >= 0.3 is 0 Å². The van der Waals surface area contributed by atoms with Crippen LogP contribution in [-0.4, -0.2) is 35.2 Å². The van der Waals surface area contributed by atoms with Crippen LogP contribution in [0.3, 0.4) is 0 Å². The van der Waals surface area contributed by atoms with Gasteiger partial charge in [-0.2, -0.15) is 0 Å². The van der Waals surface area contributed by atoms with Gasteiger partial charge in [-0.1, -0.05) is 36.4 Å². The summed E-state index contributed by atoms with van der Waals surface area (Å²) in [5.41, 5.74) is 1.20. The second-order valence-electron chi connectivity index (χ2n) is 5.04. The van der Waals surface area contributed by atoms with Crippen molar-refractivity contribution in [3.63, 3.8) is 0 Å². The lowest BCUT2D eigenvalue weighted by molar-refractivity contribution is 0.0193. The SMILES string of the molecule is C=CC1(Cc2ccccc2)CC(O)CCN1C. The molecule has 1 aliphatic rings. The van der Waals surface area contributed by atoms with Crippen molar-refractivity contribution in [1.82, 2.24) is 4.90 Å². The van der Waals surface area contributed by atoms with Crippen LogP contribution in [-0.2, 0) is 6.42 Å². The molecule has 1 aliphatic heterocycles. The molecular formula is C15H21NO. The quantitative estimate of drug-likeness (QED) is 0.806. The monoisotopic (exact) mass is 231 g/mol. The number of hydrogen-bond acceptors (Lipinski definition) is 2. The number of aliphatic hydroxyl groups excluding tert-OH is 1. The molecule has 1 aromatic rings. The van der Waals surface area contributed by atoms with E-state index in [4.69, 9.17) is 0 Å². The number of likely N-dealkylation sites (N-methyl/N-ethyl adjacent to an activating group) is 1. The van der Waals surface area contributed by atoms with Gasteiger partial charge in [0, 0.05) is 12.1 Å². The standard InChI is InChI=1S/C15H21NO/c1-3-15(11-13-7-5-4-6-8-13)12-14(17)9-10-16(15)2/h3-8,14,17H,1,9-12H2,2H3. The van der Waals surface area contributed by atoms with Gasteiger partial charge in [-0.3, -0.25) is 4.90 Å². The molecule has 0 bridgehead atoms. The van der Waals surface area contributed by atoms with Crippen molar-refractivity contribution >= 4 is 0 Å². The third-order valence-electron chi connectivity index (χ3n) is 3.88. The first kappa shape index (κ1) is 12.3. The number of hydrogen-bond donors (Lipinski definition) is 1. The number of nitrogens with zero attached hydrogens (tertiary/aromatic N) is 1. The smallest absolute Gasteiger partial charge is 0.0573 e. The number of piperidine rings is 1. The maximum Gasteiger partial charge on any atom is 0.0573 e. The normalized spacial score (nSPS) is 30.1. The van der Waals surface area contributed by atoms with E-state index in [1.165, 1.54) is 5.56 Å². The van der Waals surface area contributed by atoms with Crippen LogP contribution in [0.25, 0.3) is 0 Å². The predicted octanol–water partition coefficient (Wildman–Crippen LogP) is 2.24. The Morgan fingerprint density at radius 2 is 2.18 bits per heavy atom. The number of likely N-dealkylation sites (tertiary alicyclic amines) is 1. The molecule has 17 heavy (non-hydrogen) atoms. The first-order chi connectivity index (χ1) is 8.16. The minimum atomic E-state index is -0.201. The molecule has 1 fully saturated rings. The highest BCUT2D eigenvalue weighted by atomic mass is 16.3. The Hall–Kier alpha value is -1.12. The number of rotatable bonds is 3. The van der Waals surface area contributed by atoms with Gasteiger partial charge in [-0.15, -0.1) is 6.58 Å². The lowest BCUT2D eigenvalue weighted by Crippen LogP contribution is -2.53. The average molecular weight is 231 g/mol. The van der Waals surface area contributed by atoms with Crippen molar-refractivity contribution in [2.24, 2.45) is 0 Å². The fourth-order valence-electron chi connectivity index (χ4n) is 2.70. The van der Waals surface area contributed by atoms with E-state index in [0.29, 0.717) is 0 Å². The molecular weight excluding hydrogens is 210 g/mol. The van der Waals surface area contributed by atoms with Crippen molar-refractivity contribution in [3.05, 3.63) is 48.6 Å². The van der Waals surface area contributed by atoms with Gasteiger partial charge in [0.2, 0.25) is 0 Å². The summed E-state index contributed by atoms with van der Waals surface area (Å²) >= 11 is 0. The zero-order chi connectivity index (χ0) is 12.3. The van der Waals surface area contributed by atoms with Crippen LogP contribution in [0.15, 0.2) is 43.0 Å². The van der Waals surface area contributed by atoms with E-state index in [-0.39, 0.29) is 11.6 Å². The van der Waals surface area contributed by atoms with Gasteiger partial charge in [-0.25, -0.2) is 0 Å². The van der Waals surface area contributed by atoms with E-state index in [9.17, 15) is 5.11 Å². The zero-order valence-corrected chi connectivity index (χ0v) is 10.5. The molecule has 1 saturated heterocycles. The van der Waals surface area contributed by atoms with Crippen LogP contribution in [0, 0.1) is 0 Å². The van der Waals surface area contributed by atoms with E-state index >= 15 is 0 Å². The van der Waals surface area contributed by atoms with Crippen LogP contribution in [0.5, 0.6) is 0 Å². The summed E-state index contributed by atoms with van der Waals surface area (Å²) in [6.45, 7) is 4.92. The van der Waals surface area contributed by atoms with E-state index < -0.39 is 0 Å². The molecule has 0 aromatic heterocycles. The summed E-state index contributed by atoms with van der Waals surface area (Å²) in [5, 5.41) is 9.90. The van der Waals surface area contributed by atoms with Crippen molar-refractivity contribution in [3.8, 4) is 0 Å². The lowest BCUT2D eigenvalue weighted by Gasteiger charge is -2.45. The maximum absolute atomic E-state index is 9.90. The Labute approximate surface area is 104 Å². The molecule has 0 amide bonds. The van der Waals surface area contributed by atoms with Gasteiger partial charge in [0.05, 0.1) is 6.10 Å². The van der Waals surface area contributed by atoms with Gasteiger partial charge in [0.1, 0.15) is 0 Å². The average Bonchev–Trinajstić information content (AvgIpc) is 2.35. The van der Waals surface area contributed by atoms with Gasteiger partial charge in [-0.05, 0) is 31.9 Å². The van der Waals surface area contributed by atoms with Gasteiger partial charge in [0.15, 0.2) is 0 Å². The van der Waals surface area contributed by atoms with Gasteiger partial charge in [0.25, 0.3) is 0 Å². The number of aliphatic hydroxyl groups is 1. The summed E-state index contributed by atoms with van der Waals surface area (Å²) in [7, 11) is 2.12. The first-order valence-corrected chi connectivity index (χ1v) is 6.23. The summed E-state index contributed by atoms with van der Waals surface area (Å²) in [5.74, 6) is 0. The lowest BCUT2D eigenvalue weighted by atomic mass is 9.80. The summed E-state index contributed by atoms with van der Waals surface area (Å²) in [6, 6.07) is 10.4. The van der Waals surface area contributed by atoms with Gasteiger partial charge < -0.3 is 5.11 Å².